The molecule has 0 aliphatic carbocycles. The average molecular weight is 417 g/mol. The molecule has 152 valence electrons. The van der Waals surface area contributed by atoms with Gasteiger partial charge in [0.15, 0.2) is 0 Å². The topological polar surface area (TPSA) is 51.2 Å². The number of thiazole rings is 1. The van der Waals surface area contributed by atoms with Gasteiger partial charge in [-0.2, -0.15) is 0 Å². The van der Waals surface area contributed by atoms with Crippen LogP contribution in [0.15, 0.2) is 72.1 Å². The Labute approximate surface area is 180 Å². The number of fused-ring (bicyclic) bond motifs is 1. The van der Waals surface area contributed by atoms with Crippen molar-refractivity contribution in [3.8, 4) is 5.75 Å². The molecule has 0 saturated carbocycles. The number of aromatic nitrogens is 1. The predicted octanol–water partition coefficient (Wildman–Crippen LogP) is 5.60. The molecule has 0 saturated heterocycles. The third kappa shape index (κ3) is 5.05. The number of rotatable bonds is 7. The lowest BCUT2D eigenvalue weighted by molar-refractivity contribution is -0.121. The van der Waals surface area contributed by atoms with E-state index in [1.807, 2.05) is 55.6 Å². The molecule has 0 aliphatic heterocycles. The second kappa shape index (κ2) is 9.09. The first-order valence-corrected chi connectivity index (χ1v) is 10.9. The number of ether oxygens (including phenoxy) is 1. The number of carbonyl (C=O) groups is 1. The minimum atomic E-state index is -0.0647. The number of amides is 1. The summed E-state index contributed by atoms with van der Waals surface area (Å²) in [6.45, 7) is 4.45. The molecule has 0 fully saturated rings. The molecule has 4 aromatic rings. The number of nitrogens with zero attached hydrogens (tertiary/aromatic N) is 1. The fraction of sp³-hybridized carbons (Fsp3) is 0.200. The Morgan fingerprint density at radius 2 is 1.83 bits per heavy atom. The summed E-state index contributed by atoms with van der Waals surface area (Å²) in [5.41, 5.74) is 3.06. The summed E-state index contributed by atoms with van der Waals surface area (Å²) in [5.74, 6) is 0.784. The van der Waals surface area contributed by atoms with E-state index in [2.05, 4.69) is 40.6 Å². The standard InChI is InChI=1S/C25H24N2O2S/c1-17-7-11-23(12-8-17)29-15-25-27-22(16-30-25)14-24(28)26-18(2)20-10-9-19-5-3-4-6-21(19)13-20/h3-13,16,18H,14-15H2,1-2H3,(H,26,28). The largest absolute Gasteiger partial charge is 0.486 e. The van der Waals surface area contributed by atoms with Gasteiger partial charge in [-0.15, -0.1) is 11.3 Å². The van der Waals surface area contributed by atoms with Gasteiger partial charge in [-0.1, -0.05) is 54.1 Å². The molecule has 0 spiro atoms. The molecule has 5 heteroatoms. The van der Waals surface area contributed by atoms with Crippen molar-refractivity contribution < 1.29 is 9.53 Å². The summed E-state index contributed by atoms with van der Waals surface area (Å²) >= 11 is 1.51. The Kier molecular flexibility index (Phi) is 6.10. The molecule has 30 heavy (non-hydrogen) atoms. The fourth-order valence-electron chi connectivity index (χ4n) is 3.29. The molecule has 0 aliphatic rings. The molecule has 0 radical (unpaired) electrons. The monoisotopic (exact) mass is 416 g/mol. The van der Waals surface area contributed by atoms with E-state index in [0.29, 0.717) is 6.61 Å². The highest BCUT2D eigenvalue weighted by atomic mass is 32.1. The number of hydrogen-bond acceptors (Lipinski definition) is 4. The first-order valence-electron chi connectivity index (χ1n) is 9.97. The van der Waals surface area contributed by atoms with E-state index >= 15 is 0 Å². The zero-order chi connectivity index (χ0) is 20.9. The normalized spacial score (nSPS) is 11.9. The van der Waals surface area contributed by atoms with E-state index < -0.39 is 0 Å². The lowest BCUT2D eigenvalue weighted by Crippen LogP contribution is -2.28. The van der Waals surface area contributed by atoms with Crippen molar-refractivity contribution in [2.75, 3.05) is 0 Å². The van der Waals surface area contributed by atoms with Gasteiger partial charge >= 0.3 is 0 Å². The summed E-state index contributed by atoms with van der Waals surface area (Å²) in [6.07, 6.45) is 0.263. The van der Waals surface area contributed by atoms with E-state index in [9.17, 15) is 4.79 Å². The molecular formula is C25H24N2O2S. The van der Waals surface area contributed by atoms with Gasteiger partial charge in [-0.05, 0) is 48.4 Å². The molecule has 1 N–H and O–H groups in total. The summed E-state index contributed by atoms with van der Waals surface area (Å²) in [4.78, 5) is 17.0. The maximum atomic E-state index is 12.5. The van der Waals surface area contributed by atoms with Gasteiger partial charge in [0.25, 0.3) is 0 Å². The van der Waals surface area contributed by atoms with Crippen LogP contribution in [-0.2, 0) is 17.8 Å². The number of benzene rings is 3. The Balaban J connectivity index is 1.31. The summed E-state index contributed by atoms with van der Waals surface area (Å²) < 4.78 is 5.77. The van der Waals surface area contributed by atoms with Gasteiger partial charge in [0.1, 0.15) is 17.4 Å². The van der Waals surface area contributed by atoms with Crippen LogP contribution in [0.5, 0.6) is 5.75 Å². The van der Waals surface area contributed by atoms with Crippen molar-refractivity contribution in [1.29, 1.82) is 0 Å². The van der Waals surface area contributed by atoms with E-state index in [4.69, 9.17) is 4.74 Å². The first-order chi connectivity index (χ1) is 14.6. The summed E-state index contributed by atoms with van der Waals surface area (Å²) in [7, 11) is 0. The number of carbonyl (C=O) groups excluding carboxylic acids is 1. The summed E-state index contributed by atoms with van der Waals surface area (Å²) in [5, 5.41) is 8.23. The third-order valence-electron chi connectivity index (χ3n) is 4.98. The quantitative estimate of drug-likeness (QED) is 0.426. The Morgan fingerprint density at radius 1 is 1.07 bits per heavy atom. The Hall–Kier alpha value is -3.18. The van der Waals surface area contributed by atoms with Gasteiger partial charge in [-0.3, -0.25) is 4.79 Å². The number of nitrogens with one attached hydrogen (secondary N) is 1. The van der Waals surface area contributed by atoms with Gasteiger partial charge in [0.2, 0.25) is 5.91 Å². The first kappa shape index (κ1) is 20.1. The average Bonchev–Trinajstić information content (AvgIpc) is 3.20. The van der Waals surface area contributed by atoms with Crippen LogP contribution in [0.3, 0.4) is 0 Å². The van der Waals surface area contributed by atoms with Gasteiger partial charge in [0, 0.05) is 5.38 Å². The van der Waals surface area contributed by atoms with E-state index in [-0.39, 0.29) is 18.4 Å². The van der Waals surface area contributed by atoms with Crippen molar-refractivity contribution in [1.82, 2.24) is 10.3 Å². The highest BCUT2D eigenvalue weighted by molar-refractivity contribution is 7.09. The molecule has 1 amide bonds. The zero-order valence-corrected chi connectivity index (χ0v) is 17.9. The van der Waals surface area contributed by atoms with Crippen molar-refractivity contribution in [3.05, 3.63) is 93.9 Å². The van der Waals surface area contributed by atoms with E-state index in [1.165, 1.54) is 27.7 Å². The van der Waals surface area contributed by atoms with E-state index in [1.54, 1.807) is 0 Å². The second-order valence-electron chi connectivity index (χ2n) is 7.41. The molecule has 1 atom stereocenters. The molecular weight excluding hydrogens is 392 g/mol. The molecule has 1 heterocycles. The number of hydrogen-bond donors (Lipinski definition) is 1. The summed E-state index contributed by atoms with van der Waals surface area (Å²) in [6, 6.07) is 22.4. The molecule has 1 aromatic heterocycles. The van der Waals surface area contributed by atoms with Gasteiger partial charge in [0.05, 0.1) is 18.2 Å². The Morgan fingerprint density at radius 3 is 2.63 bits per heavy atom. The van der Waals surface area contributed by atoms with Crippen LogP contribution in [0.25, 0.3) is 10.8 Å². The number of aryl methyl sites for hydroxylation is 1. The SMILES string of the molecule is Cc1ccc(OCc2nc(CC(=O)NC(C)c3ccc4ccccc4c3)cs2)cc1. The zero-order valence-electron chi connectivity index (χ0n) is 17.1. The molecule has 4 rings (SSSR count). The highest BCUT2D eigenvalue weighted by Crippen LogP contribution is 2.21. The Bertz CT molecular complexity index is 1150. The molecule has 0 bridgehead atoms. The van der Waals surface area contributed by atoms with Gasteiger partial charge in [-0.25, -0.2) is 4.98 Å². The second-order valence-corrected chi connectivity index (χ2v) is 8.35. The maximum absolute atomic E-state index is 12.5. The van der Waals surface area contributed by atoms with Crippen molar-refractivity contribution >= 4 is 28.0 Å². The van der Waals surface area contributed by atoms with Crippen LogP contribution < -0.4 is 10.1 Å². The minimum absolute atomic E-state index is 0.0352. The lowest BCUT2D eigenvalue weighted by Gasteiger charge is -2.14. The van der Waals surface area contributed by atoms with E-state index in [0.717, 1.165) is 22.0 Å². The fourth-order valence-corrected chi connectivity index (χ4v) is 4.00. The van der Waals surface area contributed by atoms with Gasteiger partial charge < -0.3 is 10.1 Å². The smallest absolute Gasteiger partial charge is 0.226 e. The van der Waals surface area contributed by atoms with Crippen LogP contribution in [0.1, 0.15) is 34.8 Å². The minimum Gasteiger partial charge on any atom is -0.486 e. The van der Waals surface area contributed by atoms with Crippen LogP contribution in [0.2, 0.25) is 0 Å². The third-order valence-corrected chi connectivity index (χ3v) is 5.85. The van der Waals surface area contributed by atoms with Crippen LogP contribution in [0, 0.1) is 6.92 Å². The molecule has 1 unspecified atom stereocenters. The predicted molar refractivity (Wildman–Crippen MR) is 122 cm³/mol. The van der Waals surface area contributed by atoms with Crippen LogP contribution in [-0.4, -0.2) is 10.9 Å². The van der Waals surface area contributed by atoms with Crippen molar-refractivity contribution in [2.24, 2.45) is 0 Å². The maximum Gasteiger partial charge on any atom is 0.226 e. The van der Waals surface area contributed by atoms with Crippen molar-refractivity contribution in [3.63, 3.8) is 0 Å². The molecule has 4 nitrogen and oxygen atoms in total. The highest BCUT2D eigenvalue weighted by Gasteiger charge is 2.13. The van der Waals surface area contributed by atoms with Crippen LogP contribution in [0.4, 0.5) is 0 Å². The van der Waals surface area contributed by atoms with Crippen molar-refractivity contribution in [2.45, 2.75) is 32.9 Å². The molecule has 3 aromatic carbocycles. The lowest BCUT2D eigenvalue weighted by atomic mass is 10.0. The van der Waals surface area contributed by atoms with Crippen LogP contribution >= 0.6 is 11.3 Å².